The number of hydrogen-bond acceptors (Lipinski definition) is 3. The van der Waals surface area contributed by atoms with Crippen LogP contribution >= 0.6 is 22.9 Å². The van der Waals surface area contributed by atoms with Crippen LogP contribution in [-0.4, -0.2) is 9.97 Å². The molecule has 0 saturated carbocycles. The minimum Gasteiger partial charge on any atom is -0.320 e. The number of imidazole rings is 1. The molecule has 1 unspecified atom stereocenters. The van der Waals surface area contributed by atoms with Crippen molar-refractivity contribution in [3.8, 4) is 0 Å². The SMILES string of the molecule is Cc1csc(C(N)c2ccc3[nH]c(=O)[nH]c3c2)c1Cl. The topological polar surface area (TPSA) is 74.7 Å². The first-order chi connectivity index (χ1) is 9.06. The van der Waals surface area contributed by atoms with Crippen molar-refractivity contribution in [1.29, 1.82) is 0 Å². The second-order valence-electron chi connectivity index (χ2n) is 4.46. The van der Waals surface area contributed by atoms with E-state index in [2.05, 4.69) is 9.97 Å². The molecule has 0 aliphatic heterocycles. The Bertz CT molecular complexity index is 802. The lowest BCUT2D eigenvalue weighted by Crippen LogP contribution is -2.10. The van der Waals surface area contributed by atoms with Crippen LogP contribution in [0.3, 0.4) is 0 Å². The van der Waals surface area contributed by atoms with E-state index >= 15 is 0 Å². The van der Waals surface area contributed by atoms with Gasteiger partial charge in [0.1, 0.15) is 0 Å². The number of nitrogens with two attached hydrogens (primary N) is 1. The van der Waals surface area contributed by atoms with E-state index in [1.54, 1.807) is 11.3 Å². The summed E-state index contributed by atoms with van der Waals surface area (Å²) in [4.78, 5) is 17.6. The average molecular weight is 294 g/mol. The van der Waals surface area contributed by atoms with Crippen LogP contribution in [-0.2, 0) is 0 Å². The lowest BCUT2D eigenvalue weighted by atomic mass is 10.1. The van der Waals surface area contributed by atoms with Crippen molar-refractivity contribution in [3.63, 3.8) is 0 Å². The lowest BCUT2D eigenvalue weighted by Gasteiger charge is -2.11. The quantitative estimate of drug-likeness (QED) is 0.679. The first-order valence-corrected chi connectivity index (χ1v) is 7.03. The summed E-state index contributed by atoms with van der Waals surface area (Å²) >= 11 is 7.80. The highest BCUT2D eigenvalue weighted by Gasteiger charge is 2.16. The van der Waals surface area contributed by atoms with Gasteiger partial charge in [-0.3, -0.25) is 0 Å². The summed E-state index contributed by atoms with van der Waals surface area (Å²) in [6, 6.07) is 5.34. The normalized spacial score (nSPS) is 13.0. The van der Waals surface area contributed by atoms with Gasteiger partial charge in [0.2, 0.25) is 0 Å². The number of aromatic amines is 2. The van der Waals surface area contributed by atoms with Crippen molar-refractivity contribution in [2.24, 2.45) is 5.73 Å². The molecule has 1 aromatic carbocycles. The number of thiophene rings is 1. The van der Waals surface area contributed by atoms with Gasteiger partial charge in [-0.1, -0.05) is 17.7 Å². The van der Waals surface area contributed by atoms with Crippen molar-refractivity contribution >= 4 is 34.0 Å². The van der Waals surface area contributed by atoms with Gasteiger partial charge in [-0.15, -0.1) is 11.3 Å². The van der Waals surface area contributed by atoms with Gasteiger partial charge < -0.3 is 15.7 Å². The van der Waals surface area contributed by atoms with Crippen LogP contribution in [0.1, 0.15) is 22.0 Å². The number of aryl methyl sites for hydroxylation is 1. The number of aromatic nitrogens is 2. The predicted octanol–water partition coefficient (Wildman–Crippen LogP) is 2.93. The second kappa shape index (κ2) is 4.52. The van der Waals surface area contributed by atoms with Gasteiger partial charge in [0.05, 0.1) is 22.1 Å². The maximum atomic E-state index is 11.2. The number of halogens is 1. The average Bonchev–Trinajstić information content (AvgIpc) is 2.91. The number of benzene rings is 1. The number of nitrogens with one attached hydrogen (secondary N) is 2. The summed E-state index contributed by atoms with van der Waals surface area (Å²) in [7, 11) is 0. The lowest BCUT2D eigenvalue weighted by molar-refractivity contribution is 0.894. The summed E-state index contributed by atoms with van der Waals surface area (Å²) in [6.45, 7) is 1.96. The van der Waals surface area contributed by atoms with Crippen LogP contribution in [0.25, 0.3) is 11.0 Å². The minimum absolute atomic E-state index is 0.217. The highest BCUT2D eigenvalue weighted by molar-refractivity contribution is 7.10. The first-order valence-electron chi connectivity index (χ1n) is 5.77. The van der Waals surface area contributed by atoms with Crippen molar-refractivity contribution in [1.82, 2.24) is 9.97 Å². The molecule has 2 heterocycles. The van der Waals surface area contributed by atoms with Crippen LogP contribution < -0.4 is 11.4 Å². The van der Waals surface area contributed by atoms with Crippen molar-refractivity contribution in [2.45, 2.75) is 13.0 Å². The van der Waals surface area contributed by atoms with Crippen LogP contribution in [0.4, 0.5) is 0 Å². The fraction of sp³-hybridized carbons (Fsp3) is 0.154. The molecule has 4 N–H and O–H groups in total. The zero-order valence-electron chi connectivity index (χ0n) is 10.2. The molecule has 0 bridgehead atoms. The molecule has 1 atom stereocenters. The molecule has 0 fully saturated rings. The Morgan fingerprint density at radius 2 is 2.05 bits per heavy atom. The van der Waals surface area contributed by atoms with Crippen molar-refractivity contribution < 1.29 is 0 Å². The maximum Gasteiger partial charge on any atom is 0.323 e. The molecular weight excluding hydrogens is 282 g/mol. The fourth-order valence-corrected chi connectivity index (χ4v) is 3.39. The summed E-state index contributed by atoms with van der Waals surface area (Å²) in [5, 5.41) is 2.72. The molecule has 4 nitrogen and oxygen atoms in total. The Morgan fingerprint density at radius 3 is 2.74 bits per heavy atom. The van der Waals surface area contributed by atoms with Gasteiger partial charge in [0.25, 0.3) is 0 Å². The molecule has 3 rings (SSSR count). The molecule has 6 heteroatoms. The zero-order chi connectivity index (χ0) is 13.6. The largest absolute Gasteiger partial charge is 0.323 e. The third-order valence-corrected chi connectivity index (χ3v) is 4.90. The molecule has 0 spiro atoms. The third-order valence-electron chi connectivity index (χ3n) is 3.11. The minimum atomic E-state index is -0.283. The smallest absolute Gasteiger partial charge is 0.320 e. The van der Waals surface area contributed by atoms with E-state index in [-0.39, 0.29) is 11.7 Å². The van der Waals surface area contributed by atoms with Gasteiger partial charge in [0, 0.05) is 4.88 Å². The van der Waals surface area contributed by atoms with Crippen LogP contribution in [0.15, 0.2) is 28.4 Å². The molecular formula is C13H12ClN3OS. The molecule has 0 radical (unpaired) electrons. The first kappa shape index (κ1) is 12.5. The van der Waals surface area contributed by atoms with Crippen molar-refractivity contribution in [2.75, 3.05) is 0 Å². The molecule has 19 heavy (non-hydrogen) atoms. The van der Waals surface area contributed by atoms with E-state index in [1.165, 1.54) is 0 Å². The van der Waals surface area contributed by atoms with E-state index in [4.69, 9.17) is 17.3 Å². The van der Waals surface area contributed by atoms with Crippen molar-refractivity contribution in [3.05, 3.63) is 55.1 Å². The Hall–Kier alpha value is -1.56. The second-order valence-corrected chi connectivity index (χ2v) is 5.75. The summed E-state index contributed by atoms with van der Waals surface area (Å²) in [5.41, 5.74) is 9.52. The molecule has 0 amide bonds. The maximum absolute atomic E-state index is 11.2. The van der Waals surface area contributed by atoms with Crippen LogP contribution in [0.5, 0.6) is 0 Å². The van der Waals surface area contributed by atoms with Gasteiger partial charge in [0.15, 0.2) is 0 Å². The Labute approximate surface area is 118 Å². The standard InChI is InChI=1S/C13H12ClN3OS/c1-6-5-19-12(10(6)14)11(15)7-2-3-8-9(4-7)17-13(18)16-8/h2-5,11H,15H2,1H3,(H2,16,17,18). The number of rotatable bonds is 2. The number of fused-ring (bicyclic) bond motifs is 1. The molecule has 0 aliphatic rings. The summed E-state index contributed by atoms with van der Waals surface area (Å²) in [5.74, 6) is 0. The van der Waals surface area contributed by atoms with E-state index in [9.17, 15) is 4.79 Å². The molecule has 3 aromatic rings. The van der Waals surface area contributed by atoms with E-state index in [0.717, 1.165) is 32.1 Å². The summed E-state index contributed by atoms with van der Waals surface area (Å²) < 4.78 is 0. The molecule has 2 aromatic heterocycles. The highest BCUT2D eigenvalue weighted by atomic mass is 35.5. The zero-order valence-corrected chi connectivity index (χ0v) is 11.7. The predicted molar refractivity (Wildman–Crippen MR) is 79.0 cm³/mol. The van der Waals surface area contributed by atoms with E-state index in [1.807, 2.05) is 30.5 Å². The summed E-state index contributed by atoms with van der Waals surface area (Å²) in [6.07, 6.45) is 0. The molecule has 0 aliphatic carbocycles. The van der Waals surface area contributed by atoms with E-state index < -0.39 is 0 Å². The van der Waals surface area contributed by atoms with Gasteiger partial charge >= 0.3 is 5.69 Å². The Kier molecular flexibility index (Phi) is 2.97. The Morgan fingerprint density at radius 1 is 1.32 bits per heavy atom. The van der Waals surface area contributed by atoms with Crippen LogP contribution in [0, 0.1) is 6.92 Å². The highest BCUT2D eigenvalue weighted by Crippen LogP contribution is 2.34. The molecule has 98 valence electrons. The number of H-pyrrole nitrogens is 2. The van der Waals surface area contributed by atoms with Crippen LogP contribution in [0.2, 0.25) is 5.02 Å². The fourth-order valence-electron chi connectivity index (χ4n) is 2.05. The van der Waals surface area contributed by atoms with Gasteiger partial charge in [-0.25, -0.2) is 4.79 Å². The van der Waals surface area contributed by atoms with Gasteiger partial charge in [-0.05, 0) is 35.6 Å². The molecule has 0 saturated heterocycles. The Balaban J connectivity index is 2.08. The van der Waals surface area contributed by atoms with E-state index in [0.29, 0.717) is 0 Å². The number of hydrogen-bond donors (Lipinski definition) is 3. The van der Waals surface area contributed by atoms with Gasteiger partial charge in [-0.2, -0.15) is 0 Å². The monoisotopic (exact) mass is 293 g/mol. The third kappa shape index (κ3) is 2.10.